The van der Waals surface area contributed by atoms with Crippen LogP contribution in [0.2, 0.25) is 0 Å². The van der Waals surface area contributed by atoms with Crippen LogP contribution in [0.3, 0.4) is 0 Å². The number of fused-ring (bicyclic) bond motifs is 1. The van der Waals surface area contributed by atoms with E-state index in [4.69, 9.17) is 0 Å². The molecule has 0 amide bonds. The number of nitrogens with zero attached hydrogens (tertiary/aromatic N) is 2. The average Bonchev–Trinajstić information content (AvgIpc) is 2.60. The van der Waals surface area contributed by atoms with Gasteiger partial charge in [0.25, 0.3) is 5.56 Å². The molecule has 0 saturated carbocycles. The maximum absolute atomic E-state index is 13.6. The van der Waals surface area contributed by atoms with Crippen molar-refractivity contribution in [1.82, 2.24) is 9.13 Å². The van der Waals surface area contributed by atoms with Crippen LogP contribution in [-0.4, -0.2) is 9.13 Å². The van der Waals surface area contributed by atoms with Gasteiger partial charge in [0.2, 0.25) is 0 Å². The molecule has 2 rings (SSSR count). The van der Waals surface area contributed by atoms with Crippen LogP contribution in [0.5, 0.6) is 0 Å². The molecule has 2 aromatic rings. The van der Waals surface area contributed by atoms with E-state index in [0.717, 1.165) is 51.4 Å². The lowest BCUT2D eigenvalue weighted by molar-refractivity contribution is 0.509. The van der Waals surface area contributed by atoms with Gasteiger partial charge in [-0.3, -0.25) is 13.9 Å². The van der Waals surface area contributed by atoms with Gasteiger partial charge in [0.15, 0.2) is 0 Å². The van der Waals surface area contributed by atoms with Crippen molar-refractivity contribution in [2.24, 2.45) is 0 Å². The predicted octanol–water partition coefficient (Wildman–Crippen LogP) is 4.46. The van der Waals surface area contributed by atoms with Crippen LogP contribution in [-0.2, 0) is 13.1 Å². The van der Waals surface area contributed by atoms with Crippen molar-refractivity contribution in [1.29, 1.82) is 0 Å². The van der Waals surface area contributed by atoms with E-state index in [1.165, 1.54) is 16.7 Å². The van der Waals surface area contributed by atoms with Crippen LogP contribution in [0.15, 0.2) is 27.8 Å². The average molecular weight is 348 g/mol. The molecule has 25 heavy (non-hydrogen) atoms. The van der Waals surface area contributed by atoms with Crippen LogP contribution in [0.1, 0.15) is 65.2 Å². The molecule has 0 N–H and O–H groups in total. The lowest BCUT2D eigenvalue weighted by atomic mass is 10.2. The number of aromatic nitrogens is 2. The topological polar surface area (TPSA) is 44.0 Å². The van der Waals surface area contributed by atoms with Gasteiger partial charge in [0, 0.05) is 13.1 Å². The van der Waals surface area contributed by atoms with Gasteiger partial charge in [-0.2, -0.15) is 0 Å². The first kappa shape index (κ1) is 19.4. The number of unbranched alkanes of at least 4 members (excludes halogenated alkanes) is 6. The lowest BCUT2D eigenvalue weighted by Gasteiger charge is -2.14. The second kappa shape index (κ2) is 9.54. The van der Waals surface area contributed by atoms with Gasteiger partial charge >= 0.3 is 5.69 Å². The van der Waals surface area contributed by atoms with Crippen molar-refractivity contribution in [3.8, 4) is 0 Å². The molecule has 0 unspecified atom stereocenters. The Balaban J connectivity index is 2.41. The highest BCUT2D eigenvalue weighted by atomic mass is 19.1. The molecule has 1 aromatic heterocycles. The minimum absolute atomic E-state index is 0.267. The molecule has 0 radical (unpaired) electrons. The Hall–Kier alpha value is -1.91. The molecular weight excluding hydrogens is 319 g/mol. The van der Waals surface area contributed by atoms with E-state index in [1.807, 2.05) is 0 Å². The Labute approximate surface area is 148 Å². The van der Waals surface area contributed by atoms with Crippen molar-refractivity contribution in [2.75, 3.05) is 0 Å². The number of hydrogen-bond acceptors (Lipinski definition) is 2. The fourth-order valence-corrected chi connectivity index (χ4v) is 3.20. The largest absolute Gasteiger partial charge is 0.331 e. The summed E-state index contributed by atoms with van der Waals surface area (Å²) >= 11 is 0. The molecule has 0 atom stereocenters. The summed E-state index contributed by atoms with van der Waals surface area (Å²) in [4.78, 5) is 25.5. The molecule has 1 heterocycles. The summed E-state index contributed by atoms with van der Waals surface area (Å²) in [7, 11) is 0. The summed E-state index contributed by atoms with van der Waals surface area (Å²) in [5.41, 5.74) is -0.101. The van der Waals surface area contributed by atoms with Crippen molar-refractivity contribution >= 4 is 10.9 Å². The van der Waals surface area contributed by atoms with Crippen LogP contribution >= 0.6 is 0 Å². The van der Waals surface area contributed by atoms with Gasteiger partial charge in [-0.15, -0.1) is 0 Å². The highest BCUT2D eigenvalue weighted by Crippen LogP contribution is 2.12. The maximum atomic E-state index is 13.6. The van der Waals surface area contributed by atoms with E-state index < -0.39 is 5.82 Å². The van der Waals surface area contributed by atoms with Crippen molar-refractivity contribution in [3.63, 3.8) is 0 Å². The van der Waals surface area contributed by atoms with E-state index in [2.05, 4.69) is 13.8 Å². The zero-order chi connectivity index (χ0) is 18.2. The van der Waals surface area contributed by atoms with E-state index in [0.29, 0.717) is 24.0 Å². The van der Waals surface area contributed by atoms with Crippen molar-refractivity contribution in [2.45, 2.75) is 78.3 Å². The standard InChI is InChI=1S/C20H29FN2O2/c1-3-5-7-9-13-22-18-12-11-16(21)15-17(18)19(24)23(20(22)25)14-10-8-6-4-2/h11-12,15H,3-10,13-14H2,1-2H3. The Morgan fingerprint density at radius 3 is 2.04 bits per heavy atom. The maximum Gasteiger partial charge on any atom is 0.331 e. The summed E-state index contributed by atoms with van der Waals surface area (Å²) in [6, 6.07) is 4.12. The third-order valence-electron chi connectivity index (χ3n) is 4.66. The third kappa shape index (κ3) is 4.80. The zero-order valence-electron chi connectivity index (χ0n) is 15.4. The van der Waals surface area contributed by atoms with Crippen LogP contribution in [0, 0.1) is 5.82 Å². The smallest absolute Gasteiger partial charge is 0.293 e. The monoisotopic (exact) mass is 348 g/mol. The second-order valence-electron chi connectivity index (χ2n) is 6.67. The minimum Gasteiger partial charge on any atom is -0.293 e. The molecular formula is C20H29FN2O2. The first-order valence-electron chi connectivity index (χ1n) is 9.53. The molecule has 4 nitrogen and oxygen atoms in total. The fraction of sp³-hybridized carbons (Fsp3) is 0.600. The summed E-state index contributed by atoms with van der Waals surface area (Å²) in [6.45, 7) is 5.23. The number of benzene rings is 1. The molecule has 0 fully saturated rings. The van der Waals surface area contributed by atoms with E-state index in [9.17, 15) is 14.0 Å². The molecule has 0 bridgehead atoms. The van der Waals surface area contributed by atoms with Crippen LogP contribution < -0.4 is 11.2 Å². The van der Waals surface area contributed by atoms with Crippen molar-refractivity contribution in [3.05, 3.63) is 44.9 Å². The van der Waals surface area contributed by atoms with Gasteiger partial charge in [0.05, 0.1) is 10.9 Å². The zero-order valence-corrected chi connectivity index (χ0v) is 15.4. The number of hydrogen-bond donors (Lipinski definition) is 0. The number of aryl methyl sites for hydroxylation is 1. The van der Waals surface area contributed by atoms with Gasteiger partial charge in [-0.25, -0.2) is 9.18 Å². The van der Waals surface area contributed by atoms with Gasteiger partial charge in [-0.1, -0.05) is 52.4 Å². The normalized spacial score (nSPS) is 11.3. The molecule has 0 aliphatic heterocycles. The molecule has 138 valence electrons. The summed E-state index contributed by atoms with van der Waals surface area (Å²) in [5.74, 6) is -0.446. The van der Waals surface area contributed by atoms with Crippen molar-refractivity contribution < 1.29 is 4.39 Å². The Morgan fingerprint density at radius 1 is 0.840 bits per heavy atom. The molecule has 0 aliphatic rings. The SMILES string of the molecule is CCCCCCn1c(=O)c2cc(F)ccc2n(CCCCCC)c1=O. The van der Waals surface area contributed by atoms with E-state index in [1.54, 1.807) is 10.6 Å². The highest BCUT2D eigenvalue weighted by molar-refractivity contribution is 5.78. The highest BCUT2D eigenvalue weighted by Gasteiger charge is 2.13. The number of halogens is 1. The first-order valence-corrected chi connectivity index (χ1v) is 9.53. The summed E-state index contributed by atoms with van der Waals surface area (Å²) < 4.78 is 16.6. The fourth-order valence-electron chi connectivity index (χ4n) is 3.20. The van der Waals surface area contributed by atoms with Crippen LogP contribution in [0.4, 0.5) is 4.39 Å². The molecule has 0 spiro atoms. The Kier molecular flexibility index (Phi) is 7.41. The number of rotatable bonds is 10. The summed E-state index contributed by atoms with van der Waals surface area (Å²) in [5, 5.41) is 0.297. The van der Waals surface area contributed by atoms with Gasteiger partial charge < -0.3 is 0 Å². The molecule has 5 heteroatoms. The minimum atomic E-state index is -0.446. The molecule has 1 aromatic carbocycles. The van der Waals surface area contributed by atoms with E-state index >= 15 is 0 Å². The quantitative estimate of drug-likeness (QED) is 0.595. The van der Waals surface area contributed by atoms with E-state index in [-0.39, 0.29) is 11.2 Å². The first-order chi connectivity index (χ1) is 12.1. The predicted molar refractivity (Wildman–Crippen MR) is 101 cm³/mol. The molecule has 0 aliphatic carbocycles. The third-order valence-corrected chi connectivity index (χ3v) is 4.66. The second-order valence-corrected chi connectivity index (χ2v) is 6.67. The summed E-state index contributed by atoms with van der Waals surface area (Å²) in [6.07, 6.45) is 8.13. The Morgan fingerprint density at radius 2 is 1.44 bits per heavy atom. The van der Waals surface area contributed by atoms with Gasteiger partial charge in [0.1, 0.15) is 5.82 Å². The Bertz CT molecular complexity index is 808. The lowest BCUT2D eigenvalue weighted by Crippen LogP contribution is -2.40. The van der Waals surface area contributed by atoms with Crippen LogP contribution in [0.25, 0.3) is 10.9 Å². The van der Waals surface area contributed by atoms with Gasteiger partial charge in [-0.05, 0) is 31.0 Å². The molecule has 0 saturated heterocycles.